The smallest absolute Gasteiger partial charge is 0.273 e. The quantitative estimate of drug-likeness (QED) is 0.567. The highest BCUT2D eigenvalue weighted by molar-refractivity contribution is 5.94. The van der Waals surface area contributed by atoms with E-state index in [0.29, 0.717) is 19.0 Å². The lowest BCUT2D eigenvalue weighted by Gasteiger charge is -2.43. The van der Waals surface area contributed by atoms with Crippen LogP contribution in [0.3, 0.4) is 0 Å². The fourth-order valence-electron chi connectivity index (χ4n) is 4.94. The van der Waals surface area contributed by atoms with Crippen molar-refractivity contribution in [2.45, 2.75) is 50.6 Å². The molecule has 1 aromatic carbocycles. The van der Waals surface area contributed by atoms with Crippen molar-refractivity contribution in [2.75, 3.05) is 26.2 Å². The van der Waals surface area contributed by atoms with Crippen LogP contribution >= 0.6 is 0 Å². The second kappa shape index (κ2) is 11.1. The van der Waals surface area contributed by atoms with Gasteiger partial charge in [-0.2, -0.15) is 0 Å². The Morgan fingerprint density at radius 3 is 2.68 bits per heavy atom. The van der Waals surface area contributed by atoms with Gasteiger partial charge in [-0.3, -0.25) is 14.5 Å². The van der Waals surface area contributed by atoms with Gasteiger partial charge in [-0.1, -0.05) is 24.4 Å². The number of aliphatic hydroxyl groups is 1. The van der Waals surface area contributed by atoms with Crippen LogP contribution in [0.25, 0.3) is 11.3 Å². The molecule has 3 N–H and O–H groups in total. The number of amides is 2. The van der Waals surface area contributed by atoms with E-state index in [0.717, 1.165) is 31.5 Å². The maximum Gasteiger partial charge on any atom is 0.273 e. The monoisotopic (exact) mass is 476 g/mol. The number of hydrogen-bond donors (Lipinski definition) is 3. The predicted octanol–water partition coefficient (Wildman–Crippen LogP) is 2.48. The van der Waals surface area contributed by atoms with Crippen molar-refractivity contribution in [1.82, 2.24) is 20.7 Å². The number of aromatic nitrogens is 1. The Balaban J connectivity index is 1.45. The molecule has 2 aliphatic rings. The minimum Gasteiger partial charge on any atom is -0.395 e. The summed E-state index contributed by atoms with van der Waals surface area (Å²) < 4.78 is 32.4. The summed E-state index contributed by atoms with van der Waals surface area (Å²) in [7, 11) is 0. The molecule has 0 bridgehead atoms. The third-order valence-electron chi connectivity index (χ3n) is 6.74. The third kappa shape index (κ3) is 5.61. The lowest BCUT2D eigenvalue weighted by atomic mass is 9.87. The molecule has 184 valence electrons. The van der Waals surface area contributed by atoms with Crippen LogP contribution in [-0.4, -0.2) is 65.3 Å². The first-order chi connectivity index (χ1) is 16.5. The lowest BCUT2D eigenvalue weighted by Crippen LogP contribution is -2.58. The molecule has 2 amide bonds. The maximum absolute atomic E-state index is 14.1. The average Bonchev–Trinajstić information content (AvgIpc) is 3.33. The number of piperidine rings is 1. The minimum absolute atomic E-state index is 0.00463. The van der Waals surface area contributed by atoms with E-state index < -0.39 is 29.5 Å². The Morgan fingerprint density at radius 2 is 1.94 bits per heavy atom. The van der Waals surface area contributed by atoms with Crippen molar-refractivity contribution >= 4 is 11.8 Å². The van der Waals surface area contributed by atoms with E-state index in [1.54, 1.807) is 0 Å². The molecule has 10 heteroatoms. The molecule has 1 aliphatic heterocycles. The first-order valence-electron chi connectivity index (χ1n) is 11.8. The molecule has 2 aromatic rings. The normalized spacial score (nSPS) is 21.9. The van der Waals surface area contributed by atoms with Crippen LogP contribution in [0, 0.1) is 17.6 Å². The summed E-state index contributed by atoms with van der Waals surface area (Å²) in [5.41, 5.74) is -0.0575. The fraction of sp³-hybridized carbons (Fsp3) is 0.542. The Bertz CT molecular complexity index is 1010. The third-order valence-corrected chi connectivity index (χ3v) is 6.74. The van der Waals surface area contributed by atoms with Gasteiger partial charge >= 0.3 is 0 Å². The van der Waals surface area contributed by atoms with E-state index in [2.05, 4.69) is 20.7 Å². The van der Waals surface area contributed by atoms with Crippen LogP contribution in [0.2, 0.25) is 0 Å². The highest BCUT2D eigenvalue weighted by Gasteiger charge is 2.38. The van der Waals surface area contributed by atoms with Gasteiger partial charge in [0.25, 0.3) is 5.91 Å². The van der Waals surface area contributed by atoms with Crippen molar-refractivity contribution in [3.63, 3.8) is 0 Å². The fourth-order valence-corrected chi connectivity index (χ4v) is 4.94. The topological polar surface area (TPSA) is 108 Å². The number of carbonyl (C=O) groups is 2. The number of nitrogens with one attached hydrogen (secondary N) is 2. The summed E-state index contributed by atoms with van der Waals surface area (Å²) in [6, 6.07) is 4.36. The van der Waals surface area contributed by atoms with Gasteiger partial charge in [-0.15, -0.1) is 0 Å². The Morgan fingerprint density at radius 1 is 1.15 bits per heavy atom. The van der Waals surface area contributed by atoms with Crippen LogP contribution < -0.4 is 10.6 Å². The van der Waals surface area contributed by atoms with Gasteiger partial charge in [0.15, 0.2) is 11.5 Å². The van der Waals surface area contributed by atoms with E-state index in [1.807, 2.05) is 0 Å². The summed E-state index contributed by atoms with van der Waals surface area (Å²) in [5, 5.41) is 18.5. The zero-order valence-electron chi connectivity index (χ0n) is 18.9. The van der Waals surface area contributed by atoms with Gasteiger partial charge in [-0.05, 0) is 31.4 Å². The number of likely N-dealkylation sites (tertiary alicyclic amines) is 1. The molecule has 1 aliphatic carbocycles. The molecule has 0 radical (unpaired) electrons. The number of rotatable bonds is 7. The molecule has 8 nitrogen and oxygen atoms in total. The molecule has 0 spiro atoms. The van der Waals surface area contributed by atoms with Gasteiger partial charge < -0.3 is 20.3 Å². The summed E-state index contributed by atoms with van der Waals surface area (Å²) in [6.45, 7) is 1.28. The number of carbonyl (C=O) groups excluding carboxylic acids is 2. The summed E-state index contributed by atoms with van der Waals surface area (Å²) in [6.07, 6.45) is 6.44. The molecule has 4 rings (SSSR count). The Hall–Kier alpha value is -2.85. The van der Waals surface area contributed by atoms with Gasteiger partial charge in [-0.25, -0.2) is 8.78 Å². The molecule has 0 unspecified atom stereocenters. The number of aliphatic hydroxyl groups excluding tert-OH is 1. The van der Waals surface area contributed by atoms with Gasteiger partial charge in [0.05, 0.1) is 18.1 Å². The van der Waals surface area contributed by atoms with Gasteiger partial charge in [0.1, 0.15) is 11.6 Å². The van der Waals surface area contributed by atoms with Crippen LogP contribution in [0.1, 0.15) is 49.0 Å². The van der Waals surface area contributed by atoms with Crippen LogP contribution in [-0.2, 0) is 4.79 Å². The van der Waals surface area contributed by atoms with E-state index in [4.69, 9.17) is 9.63 Å². The van der Waals surface area contributed by atoms with E-state index >= 15 is 0 Å². The maximum atomic E-state index is 14.1. The summed E-state index contributed by atoms with van der Waals surface area (Å²) in [4.78, 5) is 28.1. The molecule has 34 heavy (non-hydrogen) atoms. The largest absolute Gasteiger partial charge is 0.395 e. The van der Waals surface area contributed by atoms with E-state index in [9.17, 15) is 18.4 Å². The van der Waals surface area contributed by atoms with E-state index in [1.165, 1.54) is 31.4 Å². The van der Waals surface area contributed by atoms with Crippen molar-refractivity contribution in [2.24, 2.45) is 5.92 Å². The standard InChI is InChI=1S/C24H30F2N4O4/c25-15-6-7-17(19(26)12-15)22-13-21(29-34-22)24(33)28-20-8-10-30(16-4-2-1-3-5-16)14-18(20)23(32)27-9-11-31/h6-7,12-13,16,18,20,31H,1-5,8-11,14H2,(H,27,32)(H,28,33)/t18-,20-/m0/s1. The van der Waals surface area contributed by atoms with Crippen LogP contribution in [0.4, 0.5) is 8.78 Å². The predicted molar refractivity (Wildman–Crippen MR) is 120 cm³/mol. The highest BCUT2D eigenvalue weighted by atomic mass is 19.1. The highest BCUT2D eigenvalue weighted by Crippen LogP contribution is 2.28. The first kappa shape index (κ1) is 24.3. The van der Waals surface area contributed by atoms with Crippen molar-refractivity contribution in [3.05, 3.63) is 41.6 Å². The summed E-state index contributed by atoms with van der Waals surface area (Å²) >= 11 is 0. The number of halogens is 2. The van der Waals surface area contributed by atoms with Gasteiger partial charge in [0, 0.05) is 43.9 Å². The summed E-state index contributed by atoms with van der Waals surface area (Å²) in [5.74, 6) is -2.76. The second-order valence-corrected chi connectivity index (χ2v) is 8.98. The molecule has 1 saturated carbocycles. The van der Waals surface area contributed by atoms with Crippen molar-refractivity contribution in [3.8, 4) is 11.3 Å². The number of benzene rings is 1. The zero-order valence-corrected chi connectivity index (χ0v) is 18.9. The van der Waals surface area contributed by atoms with Crippen LogP contribution in [0.15, 0.2) is 28.8 Å². The average molecular weight is 477 g/mol. The molecule has 2 fully saturated rings. The van der Waals surface area contributed by atoms with Crippen LogP contribution in [0.5, 0.6) is 0 Å². The SMILES string of the molecule is O=C(N[C@H]1CCN(C2CCCCC2)C[C@@H]1C(=O)NCCO)c1cc(-c2ccc(F)cc2F)on1. The zero-order chi connectivity index (χ0) is 24.1. The molecule has 1 aromatic heterocycles. The lowest BCUT2D eigenvalue weighted by molar-refractivity contribution is -0.128. The molecular weight excluding hydrogens is 446 g/mol. The number of hydrogen-bond acceptors (Lipinski definition) is 6. The first-order valence-corrected chi connectivity index (χ1v) is 11.8. The van der Waals surface area contributed by atoms with E-state index in [-0.39, 0.29) is 36.1 Å². The van der Waals surface area contributed by atoms with Crippen molar-refractivity contribution in [1.29, 1.82) is 0 Å². The Labute approximate surface area is 196 Å². The minimum atomic E-state index is -0.821. The second-order valence-electron chi connectivity index (χ2n) is 8.98. The van der Waals surface area contributed by atoms with Crippen molar-refractivity contribution < 1.29 is 28.0 Å². The molecule has 2 heterocycles. The molecule has 1 saturated heterocycles. The molecule has 2 atom stereocenters. The number of nitrogens with zero attached hydrogens (tertiary/aromatic N) is 2. The molecular formula is C24H30F2N4O4. The Kier molecular flexibility index (Phi) is 7.89. The van der Waals surface area contributed by atoms with Gasteiger partial charge in [0.2, 0.25) is 5.91 Å².